The van der Waals surface area contributed by atoms with E-state index in [9.17, 15) is 9.36 Å². The van der Waals surface area contributed by atoms with E-state index in [0.717, 1.165) is 12.8 Å². The van der Waals surface area contributed by atoms with Gasteiger partial charge in [0.2, 0.25) is 0 Å². The Morgan fingerprint density at radius 2 is 2.25 bits per heavy atom. The molecule has 2 N–H and O–H groups in total. The van der Waals surface area contributed by atoms with Gasteiger partial charge in [0.25, 0.3) is 5.91 Å². The van der Waals surface area contributed by atoms with Gasteiger partial charge in [-0.1, -0.05) is 11.6 Å². The second-order valence-electron chi connectivity index (χ2n) is 5.57. The number of piperidine rings is 1. The Balaban J connectivity index is 2.16. The van der Waals surface area contributed by atoms with Crippen LogP contribution in [0.1, 0.15) is 23.2 Å². The predicted molar refractivity (Wildman–Crippen MR) is 82.0 cm³/mol. The van der Waals surface area contributed by atoms with Crippen molar-refractivity contribution in [3.63, 3.8) is 0 Å². The average Bonchev–Trinajstić information content (AvgIpc) is 2.40. The molecule has 2 heterocycles. The fourth-order valence-electron chi connectivity index (χ4n) is 2.39. The molecule has 20 heavy (non-hydrogen) atoms. The lowest BCUT2D eigenvalue weighted by molar-refractivity contribution is 0.0726. The number of carbonyl (C=O) groups is 1. The van der Waals surface area contributed by atoms with Crippen LogP contribution in [0.2, 0.25) is 5.02 Å². The van der Waals surface area contributed by atoms with Crippen LogP contribution in [0.15, 0.2) is 12.3 Å². The number of nitrogen functional groups attached to an aromatic ring is 1. The number of hydrogen-bond acceptors (Lipinski definition) is 4. The maximum absolute atomic E-state index is 12.4. The molecule has 1 unspecified atom stereocenters. The summed E-state index contributed by atoms with van der Waals surface area (Å²) < 4.78 is 12.2. The van der Waals surface area contributed by atoms with Crippen LogP contribution in [0.5, 0.6) is 0 Å². The third-order valence-corrected chi connectivity index (χ3v) is 6.16. The molecule has 1 aromatic rings. The lowest BCUT2D eigenvalue weighted by Crippen LogP contribution is -2.42. The van der Waals surface area contributed by atoms with Crippen molar-refractivity contribution in [2.24, 2.45) is 0 Å². The number of halogens is 1. The Labute approximate surface area is 123 Å². The van der Waals surface area contributed by atoms with E-state index in [4.69, 9.17) is 17.3 Å². The van der Waals surface area contributed by atoms with E-state index in [0.29, 0.717) is 18.7 Å². The maximum atomic E-state index is 12.4. The zero-order chi connectivity index (χ0) is 14.9. The van der Waals surface area contributed by atoms with Crippen LogP contribution in [-0.4, -0.2) is 47.9 Å². The molecule has 1 aliphatic heterocycles. The molecule has 1 fully saturated rings. The van der Waals surface area contributed by atoms with Gasteiger partial charge in [-0.25, -0.2) is 4.98 Å². The highest BCUT2D eigenvalue weighted by atomic mass is 35.5. The molecule has 2 rings (SSSR count). The Morgan fingerprint density at radius 3 is 2.85 bits per heavy atom. The number of nitrogens with zero attached hydrogens (tertiary/aromatic N) is 2. The quantitative estimate of drug-likeness (QED) is 0.851. The molecule has 0 spiro atoms. The molecule has 1 atom stereocenters. The summed E-state index contributed by atoms with van der Waals surface area (Å²) >= 11 is 5.90. The molecular formula is C13H19ClN3O2P. The molecule has 110 valence electrons. The van der Waals surface area contributed by atoms with E-state index < -0.39 is 7.14 Å². The molecular weight excluding hydrogens is 297 g/mol. The largest absolute Gasteiger partial charge is 0.382 e. The first kappa shape index (κ1) is 15.3. The van der Waals surface area contributed by atoms with Crippen molar-refractivity contribution in [1.29, 1.82) is 0 Å². The molecule has 1 saturated heterocycles. The summed E-state index contributed by atoms with van der Waals surface area (Å²) in [6.45, 7) is 4.78. The van der Waals surface area contributed by atoms with Gasteiger partial charge >= 0.3 is 0 Å². The van der Waals surface area contributed by atoms with Crippen molar-refractivity contribution < 1.29 is 9.36 Å². The number of likely N-dealkylation sites (tertiary alicyclic amines) is 1. The highest BCUT2D eigenvalue weighted by molar-refractivity contribution is 7.63. The second kappa shape index (κ2) is 5.74. The number of carbonyl (C=O) groups excluding carboxylic acids is 1. The molecule has 7 heteroatoms. The Morgan fingerprint density at radius 1 is 1.55 bits per heavy atom. The highest BCUT2D eigenvalue weighted by Crippen LogP contribution is 2.46. The average molecular weight is 316 g/mol. The fraction of sp³-hybridized carbons (Fsp3) is 0.538. The maximum Gasteiger partial charge on any atom is 0.255 e. The number of nitrogens with two attached hydrogens (primary N) is 1. The van der Waals surface area contributed by atoms with Crippen molar-refractivity contribution in [3.05, 3.63) is 22.8 Å². The van der Waals surface area contributed by atoms with E-state index in [-0.39, 0.29) is 22.4 Å². The zero-order valence-electron chi connectivity index (χ0n) is 11.7. The number of amides is 1. The summed E-state index contributed by atoms with van der Waals surface area (Å²) in [5, 5.41) is 0.279. The van der Waals surface area contributed by atoms with Gasteiger partial charge in [0.05, 0.1) is 17.7 Å². The normalized spacial score (nSPS) is 19.9. The topological polar surface area (TPSA) is 76.3 Å². The van der Waals surface area contributed by atoms with E-state index in [1.807, 2.05) is 0 Å². The first-order chi connectivity index (χ1) is 9.29. The SMILES string of the molecule is CP(C)(=O)C1CCCN(C(=O)c2cnc(N)c(Cl)c2)C1. The third-order valence-electron chi connectivity index (χ3n) is 3.68. The fourth-order valence-corrected chi connectivity index (χ4v) is 3.96. The van der Waals surface area contributed by atoms with Crippen LogP contribution in [0, 0.1) is 0 Å². The number of rotatable bonds is 2. The minimum atomic E-state index is -2.18. The van der Waals surface area contributed by atoms with Crippen LogP contribution in [0.4, 0.5) is 5.82 Å². The summed E-state index contributed by atoms with van der Waals surface area (Å²) in [5.74, 6) is 0.0869. The summed E-state index contributed by atoms with van der Waals surface area (Å²) in [5.41, 5.74) is 6.05. The van der Waals surface area contributed by atoms with Crippen molar-refractivity contribution >= 4 is 30.5 Å². The van der Waals surface area contributed by atoms with Gasteiger partial charge in [-0.3, -0.25) is 4.79 Å². The second-order valence-corrected chi connectivity index (χ2v) is 9.58. The van der Waals surface area contributed by atoms with Gasteiger partial charge in [-0.2, -0.15) is 0 Å². The summed E-state index contributed by atoms with van der Waals surface area (Å²) in [6, 6.07) is 1.54. The van der Waals surface area contributed by atoms with Crippen LogP contribution < -0.4 is 5.73 Å². The lowest BCUT2D eigenvalue weighted by Gasteiger charge is -2.34. The van der Waals surface area contributed by atoms with Crippen LogP contribution in [-0.2, 0) is 4.57 Å². The van der Waals surface area contributed by atoms with Gasteiger partial charge in [0, 0.05) is 24.9 Å². The van der Waals surface area contributed by atoms with Crippen molar-refractivity contribution in [1.82, 2.24) is 9.88 Å². The summed E-state index contributed by atoms with van der Waals surface area (Å²) in [6.07, 6.45) is 3.22. The van der Waals surface area contributed by atoms with Crippen LogP contribution >= 0.6 is 18.7 Å². The first-order valence-corrected chi connectivity index (χ1v) is 9.59. The number of aromatic nitrogens is 1. The van der Waals surface area contributed by atoms with Crippen LogP contribution in [0.25, 0.3) is 0 Å². The standard InChI is InChI=1S/C13H19ClN3O2P/c1-20(2,19)10-4-3-5-17(8-10)13(18)9-6-11(14)12(15)16-7-9/h6-7,10H,3-5,8H2,1-2H3,(H2,15,16). The molecule has 1 aliphatic rings. The molecule has 1 amide bonds. The highest BCUT2D eigenvalue weighted by Gasteiger charge is 2.31. The predicted octanol–water partition coefficient (Wildman–Crippen LogP) is 2.54. The monoisotopic (exact) mass is 315 g/mol. The number of anilines is 1. The molecule has 0 aliphatic carbocycles. The number of hydrogen-bond donors (Lipinski definition) is 1. The van der Waals surface area contributed by atoms with Crippen LogP contribution in [0.3, 0.4) is 0 Å². The van der Waals surface area contributed by atoms with E-state index in [1.165, 1.54) is 12.3 Å². The minimum Gasteiger partial charge on any atom is -0.382 e. The van der Waals surface area contributed by atoms with Gasteiger partial charge in [-0.15, -0.1) is 0 Å². The molecule has 0 saturated carbocycles. The minimum absolute atomic E-state index is 0.0809. The third kappa shape index (κ3) is 3.33. The molecule has 0 aromatic carbocycles. The Kier molecular flexibility index (Phi) is 4.40. The van der Waals surface area contributed by atoms with Crippen molar-refractivity contribution in [3.8, 4) is 0 Å². The van der Waals surface area contributed by atoms with E-state index in [2.05, 4.69) is 4.98 Å². The smallest absolute Gasteiger partial charge is 0.255 e. The summed E-state index contributed by atoms with van der Waals surface area (Å²) in [4.78, 5) is 18.1. The molecule has 0 radical (unpaired) electrons. The van der Waals surface area contributed by atoms with Gasteiger partial charge in [0.15, 0.2) is 0 Å². The zero-order valence-corrected chi connectivity index (χ0v) is 13.3. The Hall–Kier alpha value is -1.06. The molecule has 0 bridgehead atoms. The lowest BCUT2D eigenvalue weighted by atomic mass is 10.1. The number of pyridine rings is 1. The molecule has 5 nitrogen and oxygen atoms in total. The van der Waals surface area contributed by atoms with E-state index >= 15 is 0 Å². The van der Waals surface area contributed by atoms with Crippen molar-refractivity contribution in [2.75, 3.05) is 32.2 Å². The molecule has 1 aromatic heterocycles. The summed E-state index contributed by atoms with van der Waals surface area (Å²) in [7, 11) is -2.18. The van der Waals surface area contributed by atoms with E-state index in [1.54, 1.807) is 18.2 Å². The first-order valence-electron chi connectivity index (χ1n) is 6.54. The van der Waals surface area contributed by atoms with Crippen molar-refractivity contribution in [2.45, 2.75) is 18.5 Å². The Bertz CT molecular complexity index is 573. The van der Waals surface area contributed by atoms with Gasteiger partial charge in [0.1, 0.15) is 5.82 Å². The van der Waals surface area contributed by atoms with Gasteiger partial charge in [-0.05, 0) is 32.2 Å². The van der Waals surface area contributed by atoms with Gasteiger partial charge < -0.3 is 15.2 Å².